The fourth-order valence-corrected chi connectivity index (χ4v) is 1.11. The van der Waals surface area contributed by atoms with Crippen LogP contribution in [0.15, 0.2) is 0 Å². The molecule has 1 heterocycles. The highest BCUT2D eigenvalue weighted by atomic mass is 16.7. The van der Waals surface area contributed by atoms with E-state index in [0.717, 1.165) is 26.1 Å². The second kappa shape index (κ2) is 1.45. The lowest BCUT2D eigenvalue weighted by Crippen LogP contribution is -2.38. The van der Waals surface area contributed by atoms with Crippen molar-refractivity contribution in [1.29, 1.82) is 0 Å². The largest absolute Gasteiger partial charge is 0.348 e. The van der Waals surface area contributed by atoms with Gasteiger partial charge >= 0.3 is 0 Å². The number of hydrogen-bond donors (Lipinski definition) is 0. The lowest BCUT2D eigenvalue weighted by atomic mass is 9.92. The van der Waals surface area contributed by atoms with Gasteiger partial charge < -0.3 is 9.47 Å². The van der Waals surface area contributed by atoms with Crippen molar-refractivity contribution in [1.82, 2.24) is 0 Å². The zero-order chi connectivity index (χ0) is 5.45. The predicted molar refractivity (Wildman–Crippen MR) is 28.2 cm³/mol. The number of rotatable bonds is 0. The normalized spacial score (nSPS) is 33.0. The minimum Gasteiger partial charge on any atom is -0.348 e. The van der Waals surface area contributed by atoms with E-state index in [2.05, 4.69) is 6.42 Å². The predicted octanol–water partition coefficient (Wildman–Crippen LogP) is 0.728. The van der Waals surface area contributed by atoms with Crippen molar-refractivity contribution in [3.05, 3.63) is 6.42 Å². The van der Waals surface area contributed by atoms with Crippen LogP contribution in [0.5, 0.6) is 0 Å². The minimum absolute atomic E-state index is 0.139. The molecule has 2 nitrogen and oxygen atoms in total. The lowest BCUT2D eigenvalue weighted by Gasteiger charge is -2.35. The van der Waals surface area contributed by atoms with Crippen molar-refractivity contribution < 1.29 is 9.47 Å². The average Bonchev–Trinajstić information content (AvgIpc) is 2.07. The van der Waals surface area contributed by atoms with E-state index in [4.69, 9.17) is 9.47 Å². The molecule has 2 rings (SSSR count). The van der Waals surface area contributed by atoms with E-state index in [9.17, 15) is 0 Å². The maximum atomic E-state index is 5.32. The molecule has 1 saturated heterocycles. The molecule has 0 bridgehead atoms. The Kier molecular flexibility index (Phi) is 0.866. The zero-order valence-corrected chi connectivity index (χ0v) is 4.72. The maximum absolute atomic E-state index is 5.32. The first kappa shape index (κ1) is 4.77. The van der Waals surface area contributed by atoms with Gasteiger partial charge in [-0.2, -0.15) is 0 Å². The van der Waals surface area contributed by atoms with Crippen LogP contribution in [0.2, 0.25) is 0 Å². The third kappa shape index (κ3) is 0.501. The van der Waals surface area contributed by atoms with Gasteiger partial charge in [0.2, 0.25) is 0 Å². The van der Waals surface area contributed by atoms with E-state index < -0.39 is 0 Å². The lowest BCUT2D eigenvalue weighted by molar-refractivity contribution is -0.184. The summed E-state index contributed by atoms with van der Waals surface area (Å²) in [7, 11) is 0. The van der Waals surface area contributed by atoms with Gasteiger partial charge in [-0.3, -0.25) is 0 Å². The number of ether oxygens (including phenoxy) is 2. The van der Waals surface area contributed by atoms with Crippen molar-refractivity contribution in [2.75, 3.05) is 13.2 Å². The standard InChI is InChI=1S/C6H9O2/c1-2-6(3-1)7-4-5-8-6/h1H,2-5H2. The molecular weight excluding hydrogens is 104 g/mol. The molecule has 0 unspecified atom stereocenters. The molecule has 1 saturated carbocycles. The second-order valence-corrected chi connectivity index (χ2v) is 2.30. The topological polar surface area (TPSA) is 18.5 Å². The Morgan fingerprint density at radius 1 is 1.12 bits per heavy atom. The van der Waals surface area contributed by atoms with Crippen molar-refractivity contribution in [3.8, 4) is 0 Å². The molecule has 0 aromatic heterocycles. The van der Waals surface area contributed by atoms with Gasteiger partial charge in [0.05, 0.1) is 13.2 Å². The molecule has 0 atom stereocenters. The van der Waals surface area contributed by atoms with Crippen LogP contribution in [-0.2, 0) is 9.47 Å². The third-order valence-electron chi connectivity index (χ3n) is 1.72. The van der Waals surface area contributed by atoms with E-state index in [1.807, 2.05) is 0 Å². The van der Waals surface area contributed by atoms with Crippen LogP contribution in [0.4, 0.5) is 0 Å². The minimum atomic E-state index is -0.139. The van der Waals surface area contributed by atoms with E-state index in [1.54, 1.807) is 0 Å². The van der Waals surface area contributed by atoms with Crippen LogP contribution in [-0.4, -0.2) is 19.0 Å². The van der Waals surface area contributed by atoms with Crippen LogP contribution in [0, 0.1) is 6.42 Å². The van der Waals surface area contributed by atoms with Gasteiger partial charge in [-0.15, -0.1) is 0 Å². The van der Waals surface area contributed by atoms with Crippen molar-refractivity contribution in [3.63, 3.8) is 0 Å². The van der Waals surface area contributed by atoms with Crippen LogP contribution >= 0.6 is 0 Å². The van der Waals surface area contributed by atoms with Crippen LogP contribution in [0.3, 0.4) is 0 Å². The molecule has 2 aliphatic rings. The van der Waals surface area contributed by atoms with E-state index in [-0.39, 0.29) is 5.79 Å². The van der Waals surface area contributed by atoms with Crippen LogP contribution in [0.25, 0.3) is 0 Å². The average molecular weight is 113 g/mol. The van der Waals surface area contributed by atoms with Gasteiger partial charge in [-0.25, -0.2) is 0 Å². The van der Waals surface area contributed by atoms with Crippen molar-refractivity contribution in [2.45, 2.75) is 18.6 Å². The summed E-state index contributed by atoms with van der Waals surface area (Å²) in [5.74, 6) is -0.139. The summed E-state index contributed by atoms with van der Waals surface area (Å²) in [6.07, 6.45) is 4.17. The first-order chi connectivity index (χ1) is 3.91. The molecule has 2 heteroatoms. The first-order valence-corrected chi connectivity index (χ1v) is 3.01. The summed E-state index contributed by atoms with van der Waals surface area (Å²) in [5.41, 5.74) is 0. The molecule has 45 valence electrons. The Morgan fingerprint density at radius 3 is 2.00 bits per heavy atom. The molecule has 1 aliphatic carbocycles. The van der Waals surface area contributed by atoms with Crippen molar-refractivity contribution in [2.24, 2.45) is 0 Å². The Labute approximate surface area is 48.8 Å². The molecule has 2 fully saturated rings. The molecule has 8 heavy (non-hydrogen) atoms. The molecule has 0 N–H and O–H groups in total. The Bertz CT molecular complexity index is 88.7. The Balaban J connectivity index is 2.01. The third-order valence-corrected chi connectivity index (χ3v) is 1.72. The van der Waals surface area contributed by atoms with E-state index >= 15 is 0 Å². The fourth-order valence-electron chi connectivity index (χ4n) is 1.11. The van der Waals surface area contributed by atoms with E-state index in [1.165, 1.54) is 0 Å². The van der Waals surface area contributed by atoms with Gasteiger partial charge in [0.1, 0.15) is 0 Å². The summed E-state index contributed by atoms with van der Waals surface area (Å²) < 4.78 is 10.6. The van der Waals surface area contributed by atoms with Crippen molar-refractivity contribution >= 4 is 0 Å². The first-order valence-electron chi connectivity index (χ1n) is 3.01. The van der Waals surface area contributed by atoms with Gasteiger partial charge in [0.25, 0.3) is 0 Å². The smallest absolute Gasteiger partial charge is 0.169 e. The summed E-state index contributed by atoms with van der Waals surface area (Å²) >= 11 is 0. The Hall–Kier alpha value is -0.0800. The van der Waals surface area contributed by atoms with Gasteiger partial charge in [0.15, 0.2) is 5.79 Å². The molecule has 0 aromatic carbocycles. The van der Waals surface area contributed by atoms with Crippen LogP contribution in [0.1, 0.15) is 12.8 Å². The van der Waals surface area contributed by atoms with E-state index in [0.29, 0.717) is 0 Å². The highest BCUT2D eigenvalue weighted by molar-refractivity contribution is 4.96. The summed E-state index contributed by atoms with van der Waals surface area (Å²) in [5, 5.41) is 0. The SMILES string of the molecule is [CH]1CC2(C1)OCCO2. The quantitative estimate of drug-likeness (QED) is 0.461. The highest BCUT2D eigenvalue weighted by Crippen LogP contribution is 2.38. The van der Waals surface area contributed by atoms with Gasteiger partial charge in [-0.05, 0) is 6.42 Å². The van der Waals surface area contributed by atoms with Gasteiger partial charge in [0, 0.05) is 12.8 Å². The molecular formula is C6H9O2. The molecule has 1 spiro atoms. The number of hydrogen-bond acceptors (Lipinski definition) is 2. The zero-order valence-electron chi connectivity index (χ0n) is 4.72. The summed E-state index contributed by atoms with van der Waals surface area (Å²) in [6.45, 7) is 1.57. The second-order valence-electron chi connectivity index (χ2n) is 2.30. The fraction of sp³-hybridized carbons (Fsp3) is 0.833. The molecule has 0 amide bonds. The Morgan fingerprint density at radius 2 is 1.75 bits per heavy atom. The summed E-state index contributed by atoms with van der Waals surface area (Å²) in [6, 6.07) is 0. The van der Waals surface area contributed by atoms with Gasteiger partial charge in [-0.1, -0.05) is 0 Å². The van der Waals surface area contributed by atoms with Crippen LogP contribution < -0.4 is 0 Å². The highest BCUT2D eigenvalue weighted by Gasteiger charge is 2.42. The summed E-state index contributed by atoms with van der Waals surface area (Å²) in [4.78, 5) is 0. The molecule has 1 radical (unpaired) electrons. The molecule has 1 aliphatic heterocycles. The molecule has 0 aromatic rings. The monoisotopic (exact) mass is 113 g/mol. The maximum Gasteiger partial charge on any atom is 0.169 e.